The Hall–Kier alpha value is -2.44. The van der Waals surface area contributed by atoms with Gasteiger partial charge in [0, 0.05) is 37.3 Å². The van der Waals surface area contributed by atoms with Crippen molar-refractivity contribution in [2.24, 2.45) is 0 Å². The first-order valence-corrected chi connectivity index (χ1v) is 8.75. The highest BCUT2D eigenvalue weighted by Gasteiger charge is 2.31. The first kappa shape index (κ1) is 17.4. The van der Waals surface area contributed by atoms with Crippen LogP contribution in [0.5, 0.6) is 0 Å². The van der Waals surface area contributed by atoms with Crippen LogP contribution in [0.15, 0.2) is 30.3 Å². The van der Waals surface area contributed by atoms with Crippen LogP contribution in [0.25, 0.3) is 0 Å². The Morgan fingerprint density at radius 1 is 1.08 bits per heavy atom. The molecule has 7 heteroatoms. The molecule has 0 N–H and O–H groups in total. The van der Waals surface area contributed by atoms with Crippen LogP contribution < -0.4 is 4.90 Å². The highest BCUT2D eigenvalue weighted by atomic mass is 16.2. The predicted molar refractivity (Wildman–Crippen MR) is 96.5 cm³/mol. The summed E-state index contributed by atoms with van der Waals surface area (Å²) in [7, 11) is 0. The lowest BCUT2D eigenvalue weighted by atomic mass is 9.95. The van der Waals surface area contributed by atoms with Crippen molar-refractivity contribution in [3.8, 4) is 0 Å². The van der Waals surface area contributed by atoms with E-state index in [0.29, 0.717) is 13.1 Å². The molecule has 1 fully saturated rings. The Morgan fingerprint density at radius 3 is 2.32 bits per heavy atom. The number of piperazine rings is 1. The van der Waals surface area contributed by atoms with E-state index in [2.05, 4.69) is 32.6 Å². The van der Waals surface area contributed by atoms with Gasteiger partial charge in [0.15, 0.2) is 5.82 Å². The van der Waals surface area contributed by atoms with E-state index in [4.69, 9.17) is 0 Å². The summed E-state index contributed by atoms with van der Waals surface area (Å²) < 4.78 is 1.66. The second-order valence-corrected chi connectivity index (χ2v) is 7.52. The van der Waals surface area contributed by atoms with Crippen molar-refractivity contribution in [2.75, 3.05) is 31.1 Å². The van der Waals surface area contributed by atoms with Gasteiger partial charge in [0.25, 0.3) is 0 Å². The molecule has 7 nitrogen and oxygen atoms in total. The molecule has 1 amide bonds. The fourth-order valence-electron chi connectivity index (χ4n) is 3.14. The summed E-state index contributed by atoms with van der Waals surface area (Å²) in [6, 6.07) is 9.92. The maximum Gasteiger partial charge on any atom is 0.247 e. The zero-order valence-electron chi connectivity index (χ0n) is 15.4. The Balaban J connectivity index is 1.66. The van der Waals surface area contributed by atoms with Gasteiger partial charge in [-0.15, -0.1) is 5.10 Å². The summed E-state index contributed by atoms with van der Waals surface area (Å²) in [6.07, 6.45) is 0. The van der Waals surface area contributed by atoms with Crippen LogP contribution >= 0.6 is 0 Å². The number of anilines is 1. The summed E-state index contributed by atoms with van der Waals surface area (Å²) in [5.41, 5.74) is 1.00. The minimum Gasteiger partial charge on any atom is -0.368 e. The average molecular weight is 342 g/mol. The predicted octanol–water partition coefficient (Wildman–Crippen LogP) is 1.88. The Morgan fingerprint density at radius 2 is 1.72 bits per heavy atom. The van der Waals surface area contributed by atoms with E-state index in [1.54, 1.807) is 4.68 Å². The van der Waals surface area contributed by atoms with Crippen molar-refractivity contribution in [3.63, 3.8) is 0 Å². The number of rotatable bonds is 3. The molecule has 2 aromatic rings. The summed E-state index contributed by atoms with van der Waals surface area (Å²) in [5.74, 6) is 0.807. The van der Waals surface area contributed by atoms with Gasteiger partial charge in [-0.05, 0) is 29.5 Å². The minimum atomic E-state index is -0.396. The van der Waals surface area contributed by atoms with Gasteiger partial charge in [-0.25, -0.2) is 4.68 Å². The quantitative estimate of drug-likeness (QED) is 0.852. The second kappa shape index (κ2) is 6.82. The number of tetrazole rings is 1. The van der Waals surface area contributed by atoms with Crippen LogP contribution in [0, 0.1) is 0 Å². The Kier molecular flexibility index (Phi) is 4.74. The molecule has 0 radical (unpaired) electrons. The van der Waals surface area contributed by atoms with Crippen molar-refractivity contribution in [2.45, 2.75) is 39.2 Å². The first-order valence-electron chi connectivity index (χ1n) is 8.75. The number of hydrogen-bond donors (Lipinski definition) is 0. The molecule has 3 rings (SSSR count). The molecule has 0 bridgehead atoms. The topological polar surface area (TPSA) is 67.2 Å². The molecule has 25 heavy (non-hydrogen) atoms. The zero-order chi connectivity index (χ0) is 18.0. The highest BCUT2D eigenvalue weighted by Crippen LogP contribution is 2.23. The fourth-order valence-corrected chi connectivity index (χ4v) is 3.14. The lowest BCUT2D eigenvalue weighted by molar-refractivity contribution is -0.135. The standard InChI is InChI=1S/C18H26N6O/c1-14(24-17(18(2,3)4)19-20-21-24)16(25)23-12-10-22(11-13-23)15-8-6-5-7-9-15/h5-9,14H,10-13H2,1-4H3/t14-/m1/s1. The summed E-state index contributed by atoms with van der Waals surface area (Å²) in [4.78, 5) is 17.1. The third-order valence-corrected chi connectivity index (χ3v) is 4.60. The van der Waals surface area contributed by atoms with Crippen LogP contribution in [0.3, 0.4) is 0 Å². The van der Waals surface area contributed by atoms with Gasteiger partial charge in [-0.2, -0.15) is 0 Å². The summed E-state index contributed by atoms with van der Waals surface area (Å²) in [6.45, 7) is 11.1. The lowest BCUT2D eigenvalue weighted by Gasteiger charge is -2.37. The van der Waals surface area contributed by atoms with E-state index < -0.39 is 6.04 Å². The van der Waals surface area contributed by atoms with Crippen LogP contribution in [0.4, 0.5) is 5.69 Å². The van der Waals surface area contributed by atoms with E-state index in [1.807, 2.05) is 50.8 Å². The smallest absolute Gasteiger partial charge is 0.247 e. The molecule has 0 spiro atoms. The van der Waals surface area contributed by atoms with Gasteiger partial charge in [-0.3, -0.25) is 4.79 Å². The number of aromatic nitrogens is 4. The monoisotopic (exact) mass is 342 g/mol. The molecule has 1 aromatic carbocycles. The summed E-state index contributed by atoms with van der Waals surface area (Å²) in [5, 5.41) is 11.9. The highest BCUT2D eigenvalue weighted by molar-refractivity contribution is 5.80. The minimum absolute atomic E-state index is 0.0745. The van der Waals surface area contributed by atoms with Crippen LogP contribution in [0.1, 0.15) is 39.6 Å². The molecule has 2 heterocycles. The average Bonchev–Trinajstić information content (AvgIpc) is 3.11. The van der Waals surface area contributed by atoms with Gasteiger partial charge in [0.05, 0.1) is 0 Å². The molecule has 1 aliphatic heterocycles. The van der Waals surface area contributed by atoms with Crippen molar-refractivity contribution < 1.29 is 4.79 Å². The van der Waals surface area contributed by atoms with Crippen molar-refractivity contribution in [1.29, 1.82) is 0 Å². The molecule has 1 atom stereocenters. The number of carbonyl (C=O) groups is 1. The number of benzene rings is 1. The number of carbonyl (C=O) groups excluding carboxylic acids is 1. The van der Waals surface area contributed by atoms with Crippen LogP contribution in [-0.4, -0.2) is 57.2 Å². The Labute approximate surface area is 148 Å². The normalized spacial score (nSPS) is 16.8. The molecule has 134 valence electrons. The Bertz CT molecular complexity index is 713. The van der Waals surface area contributed by atoms with Gasteiger partial charge in [0.2, 0.25) is 5.91 Å². The summed E-state index contributed by atoms with van der Waals surface area (Å²) >= 11 is 0. The van der Waals surface area contributed by atoms with Crippen molar-refractivity contribution in [3.05, 3.63) is 36.2 Å². The van der Waals surface area contributed by atoms with E-state index in [9.17, 15) is 4.79 Å². The van der Waals surface area contributed by atoms with Gasteiger partial charge in [-0.1, -0.05) is 39.0 Å². The number of amides is 1. The SMILES string of the molecule is C[C@H](C(=O)N1CCN(c2ccccc2)CC1)n1nnnc1C(C)(C)C. The maximum atomic E-state index is 12.9. The van der Waals surface area contributed by atoms with Crippen LogP contribution in [0.2, 0.25) is 0 Å². The lowest BCUT2D eigenvalue weighted by Crippen LogP contribution is -2.50. The van der Waals surface area contributed by atoms with E-state index in [1.165, 1.54) is 5.69 Å². The van der Waals surface area contributed by atoms with Crippen molar-refractivity contribution >= 4 is 11.6 Å². The van der Waals surface area contributed by atoms with E-state index in [-0.39, 0.29) is 11.3 Å². The molecule has 1 aromatic heterocycles. The van der Waals surface area contributed by atoms with Gasteiger partial charge >= 0.3 is 0 Å². The first-order chi connectivity index (χ1) is 11.9. The molecular weight excluding hydrogens is 316 g/mol. The number of nitrogens with zero attached hydrogens (tertiary/aromatic N) is 6. The third-order valence-electron chi connectivity index (χ3n) is 4.60. The zero-order valence-corrected chi connectivity index (χ0v) is 15.4. The largest absolute Gasteiger partial charge is 0.368 e. The number of para-hydroxylation sites is 1. The molecule has 0 unspecified atom stereocenters. The second-order valence-electron chi connectivity index (χ2n) is 7.52. The molecular formula is C18H26N6O. The van der Waals surface area contributed by atoms with E-state index in [0.717, 1.165) is 18.9 Å². The molecule has 1 saturated heterocycles. The fraction of sp³-hybridized carbons (Fsp3) is 0.556. The van der Waals surface area contributed by atoms with Crippen LogP contribution in [-0.2, 0) is 10.2 Å². The van der Waals surface area contributed by atoms with Crippen molar-refractivity contribution in [1.82, 2.24) is 25.1 Å². The molecule has 1 aliphatic rings. The molecule has 0 saturated carbocycles. The third kappa shape index (κ3) is 3.65. The van der Waals surface area contributed by atoms with Gasteiger partial charge < -0.3 is 9.80 Å². The van der Waals surface area contributed by atoms with Gasteiger partial charge in [0.1, 0.15) is 6.04 Å². The number of hydrogen-bond acceptors (Lipinski definition) is 5. The van der Waals surface area contributed by atoms with E-state index >= 15 is 0 Å². The molecule has 0 aliphatic carbocycles. The maximum absolute atomic E-state index is 12.9.